The van der Waals surface area contributed by atoms with Gasteiger partial charge in [-0.3, -0.25) is 9.20 Å². The number of piperazine rings is 1. The molecule has 0 radical (unpaired) electrons. The van der Waals surface area contributed by atoms with Crippen LogP contribution in [-0.4, -0.2) is 74.0 Å². The molecule has 0 spiro atoms. The molecule has 0 N–H and O–H groups in total. The van der Waals surface area contributed by atoms with Crippen LogP contribution in [0.3, 0.4) is 0 Å². The Balaban J connectivity index is 1.34. The molecule has 5 rings (SSSR count). The summed E-state index contributed by atoms with van der Waals surface area (Å²) < 4.78 is 7.58. The maximum Gasteiger partial charge on any atom is 0.306 e. The first-order valence-electron chi connectivity index (χ1n) is 14.1. The van der Waals surface area contributed by atoms with Gasteiger partial charge in [-0.25, -0.2) is 19.9 Å². The van der Waals surface area contributed by atoms with Crippen molar-refractivity contribution in [2.45, 2.75) is 58.0 Å². The van der Waals surface area contributed by atoms with E-state index in [1.165, 1.54) is 5.56 Å². The number of nitrogens with zero attached hydrogens (tertiary/aromatic N) is 7. The predicted molar refractivity (Wildman–Crippen MR) is 156 cm³/mol. The third-order valence-electron chi connectivity index (χ3n) is 7.23. The van der Waals surface area contributed by atoms with Crippen LogP contribution in [0.1, 0.15) is 57.3 Å². The number of likely N-dealkylation sites (N-methyl/N-ethyl adjacent to an activating group) is 1. The molecule has 1 atom stereocenters. The van der Waals surface area contributed by atoms with Gasteiger partial charge >= 0.3 is 5.97 Å². The van der Waals surface area contributed by atoms with E-state index < -0.39 is 5.60 Å². The van der Waals surface area contributed by atoms with E-state index in [9.17, 15) is 4.79 Å². The van der Waals surface area contributed by atoms with Crippen molar-refractivity contribution in [2.24, 2.45) is 0 Å². The van der Waals surface area contributed by atoms with Gasteiger partial charge in [0.15, 0.2) is 11.5 Å². The fraction of sp³-hybridized carbons (Fsp3) is 0.452. The van der Waals surface area contributed by atoms with Gasteiger partial charge in [0.25, 0.3) is 0 Å². The number of rotatable bonds is 9. The molecule has 1 fully saturated rings. The molecule has 1 unspecified atom stereocenters. The van der Waals surface area contributed by atoms with Crippen molar-refractivity contribution < 1.29 is 9.53 Å². The van der Waals surface area contributed by atoms with Crippen molar-refractivity contribution in [3.8, 4) is 11.4 Å². The monoisotopic (exact) mass is 541 g/mol. The molecule has 3 aromatic heterocycles. The lowest BCUT2D eigenvalue weighted by Crippen LogP contribution is -2.45. The zero-order chi connectivity index (χ0) is 28.1. The summed E-state index contributed by atoms with van der Waals surface area (Å²) in [5.41, 5.74) is 3.33. The third kappa shape index (κ3) is 6.83. The van der Waals surface area contributed by atoms with Crippen molar-refractivity contribution in [1.29, 1.82) is 0 Å². The Hall–Kier alpha value is -3.85. The average molecular weight is 542 g/mol. The van der Waals surface area contributed by atoms with Crippen molar-refractivity contribution in [1.82, 2.24) is 29.2 Å². The van der Waals surface area contributed by atoms with Crippen LogP contribution in [-0.2, 0) is 16.0 Å². The maximum absolute atomic E-state index is 12.3. The lowest BCUT2D eigenvalue weighted by molar-refractivity contribution is -0.154. The smallest absolute Gasteiger partial charge is 0.306 e. The van der Waals surface area contributed by atoms with Crippen LogP contribution in [0.5, 0.6) is 0 Å². The second-order valence-corrected chi connectivity index (χ2v) is 11.5. The zero-order valence-electron chi connectivity index (χ0n) is 24.0. The minimum atomic E-state index is -0.469. The number of aromatic nitrogens is 5. The molecule has 0 saturated carbocycles. The Labute approximate surface area is 236 Å². The van der Waals surface area contributed by atoms with E-state index >= 15 is 0 Å². The van der Waals surface area contributed by atoms with E-state index in [1.54, 1.807) is 0 Å². The predicted octanol–water partition coefficient (Wildman–Crippen LogP) is 4.78. The molecule has 0 amide bonds. The summed E-state index contributed by atoms with van der Waals surface area (Å²) in [5.74, 6) is 1.71. The number of carbonyl (C=O) groups is 1. The largest absolute Gasteiger partial charge is 0.460 e. The lowest BCUT2D eigenvalue weighted by Gasteiger charge is -2.33. The molecule has 1 aliphatic heterocycles. The van der Waals surface area contributed by atoms with E-state index in [0.717, 1.165) is 67.7 Å². The molecule has 1 aromatic carbocycles. The average Bonchev–Trinajstić information content (AvgIpc) is 3.37. The van der Waals surface area contributed by atoms with Gasteiger partial charge in [0, 0.05) is 57.6 Å². The Morgan fingerprint density at radius 2 is 1.77 bits per heavy atom. The number of ether oxygens (including phenoxy) is 1. The van der Waals surface area contributed by atoms with Crippen LogP contribution >= 0.6 is 0 Å². The van der Waals surface area contributed by atoms with Gasteiger partial charge in [-0.1, -0.05) is 30.3 Å². The van der Waals surface area contributed by atoms with Crippen LogP contribution in [0.25, 0.3) is 17.0 Å². The van der Waals surface area contributed by atoms with E-state index in [0.29, 0.717) is 12.8 Å². The normalized spacial score (nSPS) is 15.3. The Kier molecular flexibility index (Phi) is 8.40. The molecule has 40 heavy (non-hydrogen) atoms. The molecular formula is C31H39N7O2. The highest BCUT2D eigenvalue weighted by molar-refractivity contribution is 5.70. The van der Waals surface area contributed by atoms with Crippen molar-refractivity contribution in [3.63, 3.8) is 0 Å². The fourth-order valence-corrected chi connectivity index (χ4v) is 5.19. The van der Waals surface area contributed by atoms with Crippen molar-refractivity contribution in [3.05, 3.63) is 72.6 Å². The summed E-state index contributed by atoms with van der Waals surface area (Å²) in [6.45, 7) is 9.56. The molecule has 1 aliphatic rings. The molecule has 0 bridgehead atoms. The number of carbonyl (C=O) groups excluding carboxylic acids is 1. The Bertz CT molecular complexity index is 1420. The van der Waals surface area contributed by atoms with Crippen LogP contribution in [0, 0.1) is 0 Å². The fourth-order valence-electron chi connectivity index (χ4n) is 5.19. The summed E-state index contributed by atoms with van der Waals surface area (Å²) in [4.78, 5) is 35.9. The summed E-state index contributed by atoms with van der Waals surface area (Å²) >= 11 is 0. The number of hydrogen-bond acceptors (Lipinski definition) is 8. The van der Waals surface area contributed by atoms with E-state index in [-0.39, 0.29) is 11.9 Å². The summed E-state index contributed by atoms with van der Waals surface area (Å²) in [7, 11) is 2.15. The van der Waals surface area contributed by atoms with E-state index in [2.05, 4.69) is 55.5 Å². The third-order valence-corrected chi connectivity index (χ3v) is 7.23. The van der Waals surface area contributed by atoms with Gasteiger partial charge in [-0.15, -0.1) is 0 Å². The summed E-state index contributed by atoms with van der Waals surface area (Å²) in [6.07, 6.45) is 10.1. The van der Waals surface area contributed by atoms with Crippen LogP contribution in [0.15, 0.2) is 61.2 Å². The van der Waals surface area contributed by atoms with Gasteiger partial charge in [-0.05, 0) is 58.2 Å². The number of imidazole rings is 1. The highest BCUT2D eigenvalue weighted by Crippen LogP contribution is 2.28. The molecule has 9 nitrogen and oxygen atoms in total. The SMILES string of the molecule is CN1CCN(c2nccn3c(-c4ccnc(CC(CCCC(=O)OC(C)(C)C)c5ccccc5)n4)cnc23)CC1. The Morgan fingerprint density at radius 3 is 2.52 bits per heavy atom. The lowest BCUT2D eigenvalue weighted by atomic mass is 9.90. The first-order valence-corrected chi connectivity index (χ1v) is 14.1. The van der Waals surface area contributed by atoms with E-state index in [4.69, 9.17) is 14.7 Å². The second kappa shape index (κ2) is 12.1. The van der Waals surface area contributed by atoms with Gasteiger partial charge in [-0.2, -0.15) is 0 Å². The first kappa shape index (κ1) is 27.7. The second-order valence-electron chi connectivity index (χ2n) is 11.5. The number of anilines is 1. The maximum atomic E-state index is 12.3. The van der Waals surface area contributed by atoms with Crippen molar-refractivity contribution in [2.75, 3.05) is 38.1 Å². The minimum Gasteiger partial charge on any atom is -0.460 e. The van der Waals surface area contributed by atoms with Gasteiger partial charge in [0.1, 0.15) is 11.4 Å². The highest BCUT2D eigenvalue weighted by Gasteiger charge is 2.21. The van der Waals surface area contributed by atoms with Gasteiger partial charge in [0.2, 0.25) is 0 Å². The molecule has 210 valence electrons. The van der Waals surface area contributed by atoms with Crippen LogP contribution in [0.4, 0.5) is 5.82 Å². The topological polar surface area (TPSA) is 88.8 Å². The van der Waals surface area contributed by atoms with Gasteiger partial charge in [0.05, 0.1) is 17.6 Å². The number of benzene rings is 1. The Morgan fingerprint density at radius 1 is 1.00 bits per heavy atom. The molecule has 4 aromatic rings. The molecule has 9 heteroatoms. The first-order chi connectivity index (χ1) is 19.3. The number of fused-ring (bicyclic) bond motifs is 1. The van der Waals surface area contributed by atoms with Crippen molar-refractivity contribution >= 4 is 17.4 Å². The molecular weight excluding hydrogens is 502 g/mol. The van der Waals surface area contributed by atoms with Crippen LogP contribution in [0.2, 0.25) is 0 Å². The molecule has 4 heterocycles. The summed E-state index contributed by atoms with van der Waals surface area (Å²) in [5, 5.41) is 0. The van der Waals surface area contributed by atoms with E-state index in [1.807, 2.05) is 57.7 Å². The zero-order valence-corrected chi connectivity index (χ0v) is 24.0. The highest BCUT2D eigenvalue weighted by atomic mass is 16.6. The van der Waals surface area contributed by atoms with Crippen LogP contribution < -0.4 is 4.90 Å². The minimum absolute atomic E-state index is 0.157. The molecule has 0 aliphatic carbocycles. The number of esters is 1. The van der Waals surface area contributed by atoms with Gasteiger partial charge < -0.3 is 14.5 Å². The standard InChI is InChI=1S/C31H39N7O2/c1-31(2,3)40-28(39)12-8-11-24(23-9-6-5-7-10-23)21-27-32-14-13-25(35-27)26-22-34-30-29(33-15-16-38(26)30)37-19-17-36(4)18-20-37/h5-7,9-10,13-16,22,24H,8,11-12,17-21H2,1-4H3. The molecule has 1 saturated heterocycles. The number of hydrogen-bond donors (Lipinski definition) is 0. The quantitative estimate of drug-likeness (QED) is 0.280. The summed E-state index contributed by atoms with van der Waals surface area (Å²) in [6, 6.07) is 12.3.